The summed E-state index contributed by atoms with van der Waals surface area (Å²) in [7, 11) is 0. The Bertz CT molecular complexity index is 4840. The number of amides is 3. The van der Waals surface area contributed by atoms with Crippen molar-refractivity contribution in [2.45, 2.75) is 115 Å². The van der Waals surface area contributed by atoms with Crippen LogP contribution in [0.2, 0.25) is 15.1 Å². The zero-order valence-electron chi connectivity index (χ0n) is 58.9. The van der Waals surface area contributed by atoms with E-state index in [-0.39, 0.29) is 48.6 Å². The lowest BCUT2D eigenvalue weighted by Gasteiger charge is -2.13. The van der Waals surface area contributed by atoms with E-state index in [1.54, 1.807) is 69.4 Å². The summed E-state index contributed by atoms with van der Waals surface area (Å²) >= 11 is 18.2. The second-order valence-electron chi connectivity index (χ2n) is 24.5. The monoisotopic (exact) mass is 1440 g/mol. The van der Waals surface area contributed by atoms with Gasteiger partial charge in [0.15, 0.2) is 5.69 Å². The topological polar surface area (TPSA) is 375 Å². The highest BCUT2D eigenvalue weighted by Gasteiger charge is 2.21. The number of fused-ring (bicyclic) bond motifs is 3. The Morgan fingerprint density at radius 3 is 1.07 bits per heavy atom. The molecule has 9 heterocycles. The molecule has 0 fully saturated rings. The predicted octanol–water partition coefficient (Wildman–Crippen LogP) is 11.1. The van der Waals surface area contributed by atoms with E-state index in [0.29, 0.717) is 87.8 Å². The third kappa shape index (κ3) is 20.0. The second-order valence-corrected chi connectivity index (χ2v) is 25.8. The zero-order valence-corrected chi connectivity index (χ0v) is 61.2. The fraction of sp³-hybridized carbons (Fsp3) is 0.267. The number of aryl methyl sites for hydroxylation is 6. The molecule has 9 aromatic heterocycles. The number of nitrogens with zero attached hydrogens (tertiary/aromatic N) is 14. The SMILES string of the molecule is CCN(CC)CC.Cc1cc(N)nc(C)c1CNC(=O)c1cn(Cc2ccc3ncc(Cl)cc3c2)nc1C#N.Cc1cc(N)nc(C)c1CNC(=O)c1cn(Cc2ccc3ncc(Cl)cc3c2)nc1CN.Cc1cc(N)nc(C)c1CNC(=O)c1cn(Cc2ccc3ncc(Cl)cc3c2)nc1CN. The number of aromatic nitrogens is 12. The Morgan fingerprint density at radius 1 is 0.466 bits per heavy atom. The minimum atomic E-state index is -0.377. The summed E-state index contributed by atoms with van der Waals surface area (Å²) in [6, 6.07) is 30.6. The molecule has 103 heavy (non-hydrogen) atoms. The number of hydrogen-bond acceptors (Lipinski definition) is 19. The maximum absolute atomic E-state index is 12.9. The number of nitriles is 1. The number of hydrogen-bond donors (Lipinski definition) is 8. The third-order valence-electron chi connectivity index (χ3n) is 17.2. The predicted molar refractivity (Wildman–Crippen MR) is 406 cm³/mol. The fourth-order valence-corrected chi connectivity index (χ4v) is 12.3. The molecule has 0 bridgehead atoms. The van der Waals surface area contributed by atoms with Crippen molar-refractivity contribution in [3.05, 3.63) is 244 Å². The van der Waals surface area contributed by atoms with Gasteiger partial charge >= 0.3 is 0 Å². The highest BCUT2D eigenvalue weighted by Crippen LogP contribution is 2.25. The number of carbonyl (C=O) groups excluding carboxylic acids is 3. The summed E-state index contributed by atoms with van der Waals surface area (Å²) in [4.78, 5) is 66.6. The largest absolute Gasteiger partial charge is 0.384 e. The van der Waals surface area contributed by atoms with Crippen LogP contribution in [0.15, 0.2) is 128 Å². The zero-order chi connectivity index (χ0) is 74.2. The molecule has 0 radical (unpaired) electrons. The van der Waals surface area contributed by atoms with Gasteiger partial charge in [-0.15, -0.1) is 0 Å². The Morgan fingerprint density at radius 2 is 0.777 bits per heavy atom. The standard InChI is InChI=1S/2C23H24ClN7O.C23H20ClN7O.C6H15N/c3*1-13-5-22(26)29-14(2)18(13)10-28-23(32)19-12-31(30-21(19)8-25)11-15-3-4-20-16(6-15)7-17(24)9-27-20;1-4-7(5-2)6-3/h2*3-7,9,12H,8,10-11,25H2,1-2H3,(H2,26,29)(H,28,32);3-7,9,12H,10-11H2,1-2H3,(H2,26,29)(H,28,32);4-6H2,1-3H3. The van der Waals surface area contributed by atoms with Crippen molar-refractivity contribution in [1.82, 2.24) is 80.1 Å². The van der Waals surface area contributed by atoms with E-state index in [1.807, 2.05) is 120 Å². The number of halogens is 3. The van der Waals surface area contributed by atoms with Crippen LogP contribution in [0.3, 0.4) is 0 Å². The fourth-order valence-electron chi connectivity index (χ4n) is 11.8. The average molecular weight is 1450 g/mol. The van der Waals surface area contributed by atoms with Gasteiger partial charge in [0.05, 0.1) is 79.3 Å². The van der Waals surface area contributed by atoms with E-state index in [9.17, 15) is 19.6 Å². The summed E-state index contributed by atoms with van der Waals surface area (Å²) < 4.78 is 5.02. The quantitative estimate of drug-likeness (QED) is 0.0351. The summed E-state index contributed by atoms with van der Waals surface area (Å²) in [6.07, 6.45) is 9.87. The molecule has 25 nitrogen and oxygen atoms in total. The lowest BCUT2D eigenvalue weighted by atomic mass is 10.1. The Labute approximate surface area is 612 Å². The molecule has 0 aliphatic carbocycles. The minimum absolute atomic E-state index is 0.0666. The Kier molecular flexibility index (Phi) is 25.9. The van der Waals surface area contributed by atoms with Crippen LogP contribution in [-0.2, 0) is 52.4 Å². The van der Waals surface area contributed by atoms with Crippen molar-refractivity contribution in [3.63, 3.8) is 0 Å². The van der Waals surface area contributed by atoms with Gasteiger partial charge < -0.3 is 49.5 Å². The number of benzene rings is 3. The molecular formula is C75H83Cl3N22O3. The molecule has 13 N–H and O–H groups in total. The van der Waals surface area contributed by atoms with E-state index in [0.717, 1.165) is 99.9 Å². The van der Waals surface area contributed by atoms with Crippen LogP contribution < -0.4 is 44.6 Å². The third-order valence-corrected chi connectivity index (χ3v) is 17.8. The van der Waals surface area contributed by atoms with Crippen LogP contribution in [0.1, 0.15) is 136 Å². The van der Waals surface area contributed by atoms with Gasteiger partial charge in [0.2, 0.25) is 0 Å². The molecule has 0 aliphatic rings. The molecule has 0 saturated carbocycles. The van der Waals surface area contributed by atoms with Crippen LogP contribution in [0.5, 0.6) is 0 Å². The molecule has 0 atom stereocenters. The van der Waals surface area contributed by atoms with Crippen molar-refractivity contribution in [2.24, 2.45) is 11.5 Å². The first-order valence-electron chi connectivity index (χ1n) is 33.2. The van der Waals surface area contributed by atoms with Crippen LogP contribution in [0.4, 0.5) is 17.5 Å². The molecule has 12 aromatic rings. The summed E-state index contributed by atoms with van der Waals surface area (Å²) in [6.45, 7) is 24.2. The van der Waals surface area contributed by atoms with Crippen molar-refractivity contribution < 1.29 is 14.4 Å². The molecule has 0 saturated heterocycles. The van der Waals surface area contributed by atoms with Gasteiger partial charge in [-0.3, -0.25) is 43.4 Å². The summed E-state index contributed by atoms with van der Waals surface area (Å²) in [5.74, 6) is 0.526. The van der Waals surface area contributed by atoms with E-state index in [4.69, 9.17) is 63.5 Å². The normalized spacial score (nSPS) is 11.0. The highest BCUT2D eigenvalue weighted by molar-refractivity contribution is 6.31. The van der Waals surface area contributed by atoms with Gasteiger partial charge in [0.25, 0.3) is 17.7 Å². The molecule has 0 spiro atoms. The van der Waals surface area contributed by atoms with Crippen LogP contribution in [0, 0.1) is 52.9 Å². The molecule has 3 aromatic carbocycles. The first-order chi connectivity index (χ1) is 49.3. The van der Waals surface area contributed by atoms with Crippen LogP contribution >= 0.6 is 34.8 Å². The van der Waals surface area contributed by atoms with Crippen molar-refractivity contribution in [3.8, 4) is 6.07 Å². The first kappa shape index (κ1) is 76.2. The van der Waals surface area contributed by atoms with Gasteiger partial charge in [-0.2, -0.15) is 20.6 Å². The maximum Gasteiger partial charge on any atom is 0.256 e. The molecule has 3 amide bonds. The lowest BCUT2D eigenvalue weighted by Crippen LogP contribution is -2.25. The number of anilines is 3. The number of nitrogen functional groups attached to an aromatic ring is 3. The molecular weight excluding hydrogens is 1360 g/mol. The van der Waals surface area contributed by atoms with Gasteiger partial charge in [0, 0.05) is 103 Å². The van der Waals surface area contributed by atoms with Gasteiger partial charge in [-0.25, -0.2) is 15.0 Å². The van der Waals surface area contributed by atoms with E-state index in [1.165, 1.54) is 19.6 Å². The number of carbonyl (C=O) groups is 3. The second kappa shape index (κ2) is 35.1. The number of pyridine rings is 6. The Hall–Kier alpha value is -11.0. The van der Waals surface area contributed by atoms with Gasteiger partial charge in [-0.05, 0) is 184 Å². The van der Waals surface area contributed by atoms with Crippen molar-refractivity contribution in [1.29, 1.82) is 5.26 Å². The molecule has 0 aliphatic heterocycles. The van der Waals surface area contributed by atoms with Crippen LogP contribution in [-0.4, -0.2) is 102 Å². The lowest BCUT2D eigenvalue weighted by molar-refractivity contribution is 0.0941. The molecule has 532 valence electrons. The van der Waals surface area contributed by atoms with E-state index >= 15 is 0 Å². The van der Waals surface area contributed by atoms with E-state index in [2.05, 4.69) is 86.8 Å². The number of nitrogens with one attached hydrogen (secondary N) is 3. The van der Waals surface area contributed by atoms with Gasteiger partial charge in [0.1, 0.15) is 23.5 Å². The van der Waals surface area contributed by atoms with E-state index < -0.39 is 0 Å². The highest BCUT2D eigenvalue weighted by atomic mass is 35.5. The Balaban J connectivity index is 0.000000171. The smallest absolute Gasteiger partial charge is 0.256 e. The molecule has 28 heteroatoms. The summed E-state index contributed by atoms with van der Waals surface area (Å²) in [5, 5.41) is 36.0. The maximum atomic E-state index is 12.9. The average Bonchev–Trinajstić information content (AvgIpc) is 1.21. The van der Waals surface area contributed by atoms with Gasteiger partial charge in [-0.1, -0.05) is 73.8 Å². The summed E-state index contributed by atoms with van der Waals surface area (Å²) in [5.41, 5.74) is 44.9. The first-order valence-corrected chi connectivity index (χ1v) is 34.4. The van der Waals surface area contributed by atoms with Crippen molar-refractivity contribution in [2.75, 3.05) is 36.8 Å². The molecule has 12 rings (SSSR count). The number of nitrogens with two attached hydrogens (primary N) is 5. The van der Waals surface area contributed by atoms with Crippen LogP contribution in [0.25, 0.3) is 32.7 Å². The minimum Gasteiger partial charge on any atom is -0.384 e. The number of rotatable bonds is 20. The van der Waals surface area contributed by atoms with Crippen molar-refractivity contribution >= 4 is 103 Å². The molecule has 0 unspecified atom stereocenters.